The molecule has 0 fully saturated rings. The molecule has 1 atom stereocenters. The summed E-state index contributed by atoms with van der Waals surface area (Å²) in [6.45, 7) is 3.64. The van der Waals surface area contributed by atoms with Gasteiger partial charge in [0, 0.05) is 0 Å². The summed E-state index contributed by atoms with van der Waals surface area (Å²) in [6.07, 6.45) is -1.65. The summed E-state index contributed by atoms with van der Waals surface area (Å²) >= 11 is 0. The van der Waals surface area contributed by atoms with Crippen LogP contribution in [0, 0.1) is 18.3 Å². The Kier molecular flexibility index (Phi) is 7.99. The molecule has 1 amide bonds. The van der Waals surface area contributed by atoms with E-state index in [1.165, 1.54) is 29.9 Å². The molecule has 2 aromatic carbocycles. The van der Waals surface area contributed by atoms with Gasteiger partial charge >= 0.3 is 17.9 Å². The van der Waals surface area contributed by atoms with E-state index < -0.39 is 29.5 Å². The Bertz CT molecular complexity index is 1920. The minimum atomic E-state index is -4.65. The summed E-state index contributed by atoms with van der Waals surface area (Å²) < 4.78 is 49.9. The van der Waals surface area contributed by atoms with E-state index >= 15 is 0 Å². The van der Waals surface area contributed by atoms with Crippen molar-refractivity contribution in [2.75, 3.05) is 14.1 Å². The molecule has 0 unspecified atom stereocenters. The number of nitrogens with one attached hydrogen (secondary N) is 1. The molecule has 0 saturated carbocycles. The zero-order chi connectivity index (χ0) is 31.8. The molecular weight excluding hydrogens is 577 g/mol. The highest BCUT2D eigenvalue weighted by molar-refractivity contribution is 5.83. The third kappa shape index (κ3) is 5.77. The van der Waals surface area contributed by atoms with Crippen molar-refractivity contribution >= 4 is 6.03 Å². The number of hydrogen-bond donors (Lipinski definition) is 1. The first-order chi connectivity index (χ1) is 20.9. The highest BCUT2D eigenvalue weighted by atomic mass is 19.4. The molecule has 0 aliphatic heterocycles. The number of nitrogens with zero attached hydrogens (tertiary/aromatic N) is 7. The SMILES string of the molecule is Cc1c(-c2ccnn2-c2ccc(C#N)cc2)n(C(=O)N[C@@H](C)c2ncc(CN(C)C)o2)c(=O)n1-c1cccc(C(F)(F)F)c1. The summed E-state index contributed by atoms with van der Waals surface area (Å²) in [4.78, 5) is 33.9. The lowest BCUT2D eigenvalue weighted by Crippen LogP contribution is -2.38. The number of carbonyl (C=O) groups is 1. The Morgan fingerprint density at radius 3 is 2.52 bits per heavy atom. The number of amides is 1. The molecule has 0 bridgehead atoms. The van der Waals surface area contributed by atoms with Crippen molar-refractivity contribution in [3.8, 4) is 28.8 Å². The van der Waals surface area contributed by atoms with Crippen LogP contribution in [0.3, 0.4) is 0 Å². The second kappa shape index (κ2) is 11.7. The fourth-order valence-electron chi connectivity index (χ4n) is 4.81. The van der Waals surface area contributed by atoms with Crippen LogP contribution in [-0.2, 0) is 12.7 Å². The molecule has 226 valence electrons. The normalized spacial score (nSPS) is 12.3. The Morgan fingerprint density at radius 2 is 1.86 bits per heavy atom. The number of oxazole rings is 1. The predicted octanol–water partition coefficient (Wildman–Crippen LogP) is 5.06. The maximum Gasteiger partial charge on any atom is 0.416 e. The lowest BCUT2D eigenvalue weighted by molar-refractivity contribution is -0.137. The summed E-state index contributed by atoms with van der Waals surface area (Å²) in [7, 11) is 3.72. The second-order valence-corrected chi connectivity index (χ2v) is 10.3. The molecule has 1 N–H and O–H groups in total. The molecule has 11 nitrogen and oxygen atoms in total. The van der Waals surface area contributed by atoms with E-state index in [1.54, 1.807) is 43.5 Å². The van der Waals surface area contributed by atoms with E-state index in [4.69, 9.17) is 4.42 Å². The molecule has 5 aromatic rings. The number of halogens is 3. The smallest absolute Gasteiger partial charge is 0.416 e. The van der Waals surface area contributed by atoms with Gasteiger partial charge in [-0.3, -0.25) is 4.57 Å². The molecular formula is C30H27F3N8O3. The lowest BCUT2D eigenvalue weighted by atomic mass is 10.2. The summed E-state index contributed by atoms with van der Waals surface area (Å²) in [5, 5.41) is 16.3. The van der Waals surface area contributed by atoms with Crippen molar-refractivity contribution in [2.45, 2.75) is 32.6 Å². The van der Waals surface area contributed by atoms with Crippen LogP contribution in [0.15, 0.2) is 76.2 Å². The van der Waals surface area contributed by atoms with Gasteiger partial charge in [0.25, 0.3) is 0 Å². The van der Waals surface area contributed by atoms with Crippen LogP contribution in [0.1, 0.15) is 41.4 Å². The number of benzene rings is 2. The van der Waals surface area contributed by atoms with Crippen LogP contribution in [0.4, 0.5) is 18.0 Å². The van der Waals surface area contributed by atoms with Crippen LogP contribution in [-0.4, -0.2) is 48.9 Å². The van der Waals surface area contributed by atoms with E-state index in [2.05, 4.69) is 15.4 Å². The number of aromatic nitrogens is 5. The minimum Gasteiger partial charge on any atom is -0.442 e. The molecule has 3 aromatic heterocycles. The first kappa shape index (κ1) is 30.1. The van der Waals surface area contributed by atoms with Gasteiger partial charge in [-0.05, 0) is 76.5 Å². The Balaban J connectivity index is 1.65. The number of rotatable bonds is 7. The van der Waals surface area contributed by atoms with E-state index in [9.17, 15) is 28.0 Å². The first-order valence-corrected chi connectivity index (χ1v) is 13.4. The number of alkyl halides is 3. The fourth-order valence-corrected chi connectivity index (χ4v) is 4.81. The quantitative estimate of drug-likeness (QED) is 0.275. The lowest BCUT2D eigenvalue weighted by Gasteiger charge is -2.14. The minimum absolute atomic E-state index is 0.0753. The van der Waals surface area contributed by atoms with Crippen molar-refractivity contribution in [3.05, 3.63) is 106 Å². The van der Waals surface area contributed by atoms with Crippen LogP contribution in [0.5, 0.6) is 0 Å². The van der Waals surface area contributed by atoms with Gasteiger partial charge in [-0.15, -0.1) is 0 Å². The van der Waals surface area contributed by atoms with E-state index in [0.717, 1.165) is 21.3 Å². The van der Waals surface area contributed by atoms with Gasteiger partial charge in [0.1, 0.15) is 17.5 Å². The Morgan fingerprint density at radius 1 is 1.14 bits per heavy atom. The summed E-state index contributed by atoms with van der Waals surface area (Å²) in [6, 6.07) is 12.8. The third-order valence-corrected chi connectivity index (χ3v) is 6.80. The van der Waals surface area contributed by atoms with Crippen LogP contribution in [0.25, 0.3) is 22.8 Å². The van der Waals surface area contributed by atoms with E-state index in [-0.39, 0.29) is 23.0 Å². The van der Waals surface area contributed by atoms with Crippen molar-refractivity contribution < 1.29 is 22.4 Å². The Hall–Kier alpha value is -5.42. The van der Waals surface area contributed by atoms with Gasteiger partial charge in [-0.25, -0.2) is 23.8 Å². The standard InChI is InChI=1S/C30H27F3N8O3/c1-18(27-35-16-24(44-27)17-38(3)4)37-28(42)40-26(25-12-13-36-41(25)22-10-8-20(15-34)9-11-22)19(2)39(29(40)43)23-7-5-6-21(14-23)30(31,32)33/h5-14,16,18H,17H2,1-4H3,(H,37,42)/t18-/m0/s1. The van der Waals surface area contributed by atoms with Crippen LogP contribution >= 0.6 is 0 Å². The molecule has 0 spiro atoms. The Labute approximate surface area is 249 Å². The maximum absolute atomic E-state index is 14.0. The molecule has 44 heavy (non-hydrogen) atoms. The van der Waals surface area contributed by atoms with Gasteiger partial charge in [-0.1, -0.05) is 6.07 Å². The number of nitriles is 1. The van der Waals surface area contributed by atoms with Crippen LogP contribution < -0.4 is 11.0 Å². The number of carbonyl (C=O) groups excluding carboxylic acids is 1. The van der Waals surface area contributed by atoms with Gasteiger partial charge in [0.15, 0.2) is 0 Å². The summed E-state index contributed by atoms with van der Waals surface area (Å²) in [5.74, 6) is 0.781. The molecule has 0 aliphatic rings. The highest BCUT2D eigenvalue weighted by Crippen LogP contribution is 2.32. The molecule has 3 heterocycles. The monoisotopic (exact) mass is 604 g/mol. The number of hydrogen-bond acceptors (Lipinski definition) is 7. The van der Waals surface area contributed by atoms with Gasteiger partial charge in [-0.2, -0.15) is 23.5 Å². The van der Waals surface area contributed by atoms with E-state index in [0.29, 0.717) is 29.2 Å². The third-order valence-electron chi connectivity index (χ3n) is 6.80. The maximum atomic E-state index is 14.0. The second-order valence-electron chi connectivity index (χ2n) is 10.3. The van der Waals surface area contributed by atoms with Crippen molar-refractivity contribution in [1.29, 1.82) is 5.26 Å². The van der Waals surface area contributed by atoms with Gasteiger partial charge in [0.2, 0.25) is 5.89 Å². The van der Waals surface area contributed by atoms with E-state index in [1.807, 2.05) is 25.1 Å². The average Bonchev–Trinajstić information content (AvgIpc) is 3.70. The van der Waals surface area contributed by atoms with Crippen molar-refractivity contribution in [1.82, 2.24) is 34.1 Å². The topological polar surface area (TPSA) is 127 Å². The van der Waals surface area contributed by atoms with Gasteiger partial charge < -0.3 is 14.6 Å². The predicted molar refractivity (Wildman–Crippen MR) is 153 cm³/mol. The zero-order valence-corrected chi connectivity index (χ0v) is 24.1. The zero-order valence-electron chi connectivity index (χ0n) is 24.1. The molecule has 0 radical (unpaired) electrons. The molecule has 14 heteroatoms. The van der Waals surface area contributed by atoms with Gasteiger partial charge in [0.05, 0.1) is 58.9 Å². The van der Waals surface area contributed by atoms with Crippen LogP contribution in [0.2, 0.25) is 0 Å². The van der Waals surface area contributed by atoms with Crippen molar-refractivity contribution in [2.24, 2.45) is 0 Å². The first-order valence-electron chi connectivity index (χ1n) is 13.4. The molecule has 5 rings (SSSR count). The summed E-state index contributed by atoms with van der Waals surface area (Å²) in [5.41, 5.74) is -0.382. The van der Waals surface area contributed by atoms with Crippen molar-refractivity contribution in [3.63, 3.8) is 0 Å². The largest absolute Gasteiger partial charge is 0.442 e. The molecule has 0 aliphatic carbocycles. The molecule has 0 saturated heterocycles. The average molecular weight is 605 g/mol. The highest BCUT2D eigenvalue weighted by Gasteiger charge is 2.32. The number of imidazole rings is 1. The fraction of sp³-hybridized carbons (Fsp3) is 0.233.